The summed E-state index contributed by atoms with van der Waals surface area (Å²) < 4.78 is 1.08. The van der Waals surface area contributed by atoms with Gasteiger partial charge in [0.05, 0.1) is 4.88 Å². The number of carbonyl (C=O) groups excluding carboxylic acids is 1. The van der Waals surface area contributed by atoms with Gasteiger partial charge in [0.25, 0.3) is 5.91 Å². The van der Waals surface area contributed by atoms with Crippen LogP contribution in [-0.2, 0) is 13.1 Å². The molecule has 0 aliphatic rings. The molecule has 106 valence electrons. The minimum Gasteiger partial charge on any atom is -0.297 e. The van der Waals surface area contributed by atoms with Crippen LogP contribution >= 0.6 is 27.3 Å². The van der Waals surface area contributed by atoms with E-state index < -0.39 is 0 Å². The van der Waals surface area contributed by atoms with Gasteiger partial charge in [-0.3, -0.25) is 15.1 Å². The van der Waals surface area contributed by atoms with Crippen LogP contribution in [-0.4, -0.2) is 17.9 Å². The summed E-state index contributed by atoms with van der Waals surface area (Å²) in [6.45, 7) is 1.67. The molecule has 1 heterocycles. The van der Waals surface area contributed by atoms with Crippen LogP contribution in [0.25, 0.3) is 0 Å². The van der Waals surface area contributed by atoms with Crippen molar-refractivity contribution in [2.75, 3.05) is 7.05 Å². The molecule has 3 N–H and O–H groups in total. The first-order chi connectivity index (χ1) is 9.58. The molecule has 0 aliphatic heterocycles. The maximum atomic E-state index is 11.4. The lowest BCUT2D eigenvalue weighted by molar-refractivity contribution is 0.0957. The highest BCUT2D eigenvalue weighted by Crippen LogP contribution is 2.19. The van der Waals surface area contributed by atoms with Gasteiger partial charge in [0.1, 0.15) is 0 Å². The second kappa shape index (κ2) is 6.99. The number of nitrogens with two attached hydrogens (primary N) is 1. The molecule has 1 amide bonds. The average Bonchev–Trinajstić information content (AvgIpc) is 2.89. The number of thiophene rings is 1. The van der Waals surface area contributed by atoms with Gasteiger partial charge < -0.3 is 0 Å². The molecule has 0 saturated carbocycles. The Hall–Kier alpha value is -1.21. The van der Waals surface area contributed by atoms with Crippen LogP contribution in [0.15, 0.2) is 40.9 Å². The zero-order valence-electron chi connectivity index (χ0n) is 11.1. The van der Waals surface area contributed by atoms with Crippen molar-refractivity contribution in [3.8, 4) is 0 Å². The fraction of sp³-hybridized carbons (Fsp3) is 0.214. The average molecular weight is 354 g/mol. The first kappa shape index (κ1) is 15.2. The molecule has 6 heteroatoms. The van der Waals surface area contributed by atoms with Crippen molar-refractivity contribution in [1.82, 2.24) is 10.3 Å². The number of nitrogen functional groups attached to an aromatic ring is 1. The molecule has 0 bridgehead atoms. The van der Waals surface area contributed by atoms with E-state index in [1.165, 1.54) is 16.9 Å². The Morgan fingerprint density at radius 2 is 1.95 bits per heavy atom. The smallest absolute Gasteiger partial charge is 0.275 e. The fourth-order valence-corrected chi connectivity index (χ4v) is 3.14. The zero-order valence-corrected chi connectivity index (χ0v) is 13.5. The van der Waals surface area contributed by atoms with E-state index in [0.717, 1.165) is 22.4 Å². The van der Waals surface area contributed by atoms with E-state index in [4.69, 9.17) is 5.84 Å². The third kappa shape index (κ3) is 4.14. The number of rotatable bonds is 5. The summed E-state index contributed by atoms with van der Waals surface area (Å²) in [6.07, 6.45) is 0. The van der Waals surface area contributed by atoms with Crippen LogP contribution in [0.2, 0.25) is 0 Å². The van der Waals surface area contributed by atoms with Gasteiger partial charge in [-0.25, -0.2) is 5.84 Å². The van der Waals surface area contributed by atoms with Crippen LogP contribution in [0.3, 0.4) is 0 Å². The third-order valence-electron chi connectivity index (χ3n) is 2.81. The maximum absolute atomic E-state index is 11.4. The summed E-state index contributed by atoms with van der Waals surface area (Å²) in [4.78, 5) is 15.4. The number of nitrogens with zero attached hydrogens (tertiary/aromatic N) is 1. The van der Waals surface area contributed by atoms with E-state index >= 15 is 0 Å². The number of amides is 1. The van der Waals surface area contributed by atoms with Crippen LogP contribution in [0, 0.1) is 0 Å². The van der Waals surface area contributed by atoms with Crippen LogP contribution < -0.4 is 11.3 Å². The molecule has 2 rings (SSSR count). The second-order valence-electron chi connectivity index (χ2n) is 4.54. The number of hydrogen-bond acceptors (Lipinski definition) is 4. The molecule has 1 aromatic heterocycles. The van der Waals surface area contributed by atoms with E-state index in [1.54, 1.807) is 6.07 Å². The second-order valence-corrected chi connectivity index (χ2v) is 6.62. The van der Waals surface area contributed by atoms with Crippen molar-refractivity contribution in [1.29, 1.82) is 0 Å². The highest BCUT2D eigenvalue weighted by atomic mass is 79.9. The Kier molecular flexibility index (Phi) is 5.31. The van der Waals surface area contributed by atoms with Gasteiger partial charge in [0, 0.05) is 22.4 Å². The van der Waals surface area contributed by atoms with Crippen molar-refractivity contribution >= 4 is 33.2 Å². The predicted molar refractivity (Wildman–Crippen MR) is 85.3 cm³/mol. The Morgan fingerprint density at radius 3 is 2.60 bits per heavy atom. The molecule has 0 fully saturated rings. The Labute approximate surface area is 130 Å². The lowest BCUT2D eigenvalue weighted by atomic mass is 10.2. The lowest BCUT2D eigenvalue weighted by Crippen LogP contribution is -2.29. The van der Waals surface area contributed by atoms with Gasteiger partial charge in [-0.1, -0.05) is 28.1 Å². The molecule has 2 aromatic rings. The van der Waals surface area contributed by atoms with Gasteiger partial charge in [-0.05, 0) is 36.9 Å². The highest BCUT2D eigenvalue weighted by Gasteiger charge is 2.09. The molecule has 0 aliphatic carbocycles. The minimum absolute atomic E-state index is 0.239. The number of hydrogen-bond donors (Lipinski definition) is 2. The number of carbonyl (C=O) groups is 1. The molecule has 0 unspecified atom stereocenters. The summed E-state index contributed by atoms with van der Waals surface area (Å²) in [5, 5.41) is 0. The van der Waals surface area contributed by atoms with Gasteiger partial charge in [-0.15, -0.1) is 11.3 Å². The molecular weight excluding hydrogens is 338 g/mol. The Bertz CT molecular complexity index is 582. The molecule has 0 saturated heterocycles. The van der Waals surface area contributed by atoms with E-state index in [-0.39, 0.29) is 5.91 Å². The highest BCUT2D eigenvalue weighted by molar-refractivity contribution is 9.10. The SMILES string of the molecule is CN(Cc1ccc(Br)cc1)Cc1ccc(C(=O)NN)s1. The summed E-state index contributed by atoms with van der Waals surface area (Å²) in [5.74, 6) is 4.88. The van der Waals surface area contributed by atoms with Crippen molar-refractivity contribution < 1.29 is 4.79 Å². The minimum atomic E-state index is -0.239. The summed E-state index contributed by atoms with van der Waals surface area (Å²) >= 11 is 4.89. The van der Waals surface area contributed by atoms with Crippen molar-refractivity contribution in [2.24, 2.45) is 5.84 Å². The summed E-state index contributed by atoms with van der Waals surface area (Å²) in [5.41, 5.74) is 3.40. The summed E-state index contributed by atoms with van der Waals surface area (Å²) in [7, 11) is 2.06. The Morgan fingerprint density at radius 1 is 1.25 bits per heavy atom. The van der Waals surface area contributed by atoms with Crippen molar-refractivity contribution in [3.63, 3.8) is 0 Å². The number of nitrogens with one attached hydrogen (secondary N) is 1. The van der Waals surface area contributed by atoms with Gasteiger partial charge in [0.15, 0.2) is 0 Å². The first-order valence-corrected chi connectivity index (χ1v) is 7.72. The van der Waals surface area contributed by atoms with E-state index in [0.29, 0.717) is 4.88 Å². The number of benzene rings is 1. The molecule has 1 aromatic carbocycles. The maximum Gasteiger partial charge on any atom is 0.275 e. The molecule has 0 radical (unpaired) electrons. The molecular formula is C14H16BrN3OS. The van der Waals surface area contributed by atoms with E-state index in [1.807, 2.05) is 18.2 Å². The third-order valence-corrected chi connectivity index (χ3v) is 4.41. The number of halogens is 1. The fourth-order valence-electron chi connectivity index (χ4n) is 1.88. The van der Waals surface area contributed by atoms with Gasteiger partial charge in [-0.2, -0.15) is 0 Å². The standard InChI is InChI=1S/C14H16BrN3OS/c1-18(8-10-2-4-11(15)5-3-10)9-12-6-7-13(20-12)14(19)17-16/h2-7H,8-9,16H2,1H3,(H,17,19). The van der Waals surface area contributed by atoms with Gasteiger partial charge in [0.2, 0.25) is 0 Å². The largest absolute Gasteiger partial charge is 0.297 e. The van der Waals surface area contributed by atoms with Crippen LogP contribution in [0.1, 0.15) is 20.1 Å². The van der Waals surface area contributed by atoms with Gasteiger partial charge >= 0.3 is 0 Å². The first-order valence-electron chi connectivity index (χ1n) is 6.11. The van der Waals surface area contributed by atoms with E-state index in [9.17, 15) is 4.79 Å². The predicted octanol–water partition coefficient (Wildman–Crippen LogP) is 2.75. The monoisotopic (exact) mass is 353 g/mol. The Balaban J connectivity index is 1.94. The summed E-state index contributed by atoms with van der Waals surface area (Å²) in [6, 6.07) is 12.0. The van der Waals surface area contributed by atoms with Crippen molar-refractivity contribution in [3.05, 3.63) is 56.2 Å². The topological polar surface area (TPSA) is 58.4 Å². The molecule has 0 atom stereocenters. The van der Waals surface area contributed by atoms with Crippen LogP contribution in [0.5, 0.6) is 0 Å². The van der Waals surface area contributed by atoms with Crippen LogP contribution in [0.4, 0.5) is 0 Å². The molecule has 4 nitrogen and oxygen atoms in total. The zero-order chi connectivity index (χ0) is 14.5. The number of hydrazine groups is 1. The van der Waals surface area contributed by atoms with Crippen molar-refractivity contribution in [2.45, 2.75) is 13.1 Å². The molecule has 0 spiro atoms. The molecule has 20 heavy (non-hydrogen) atoms. The lowest BCUT2D eigenvalue weighted by Gasteiger charge is -2.15. The quantitative estimate of drug-likeness (QED) is 0.493. The van der Waals surface area contributed by atoms with E-state index in [2.05, 4.69) is 45.4 Å². The normalized spacial score (nSPS) is 10.8.